The van der Waals surface area contributed by atoms with Crippen LogP contribution in [0.1, 0.15) is 12.0 Å². The van der Waals surface area contributed by atoms with Gasteiger partial charge < -0.3 is 15.4 Å². The third-order valence-electron chi connectivity index (χ3n) is 2.61. The second-order valence-electron chi connectivity index (χ2n) is 4.20. The van der Waals surface area contributed by atoms with Crippen LogP contribution in [0, 0.1) is 6.92 Å². The molecule has 1 unspecified atom stereocenters. The van der Waals surface area contributed by atoms with Crippen molar-refractivity contribution in [1.29, 1.82) is 0 Å². The van der Waals surface area contributed by atoms with Gasteiger partial charge in [0.25, 0.3) is 0 Å². The molecule has 108 valence electrons. The number of aromatic nitrogens is 1. The number of hydrogen-bond acceptors (Lipinski definition) is 4. The molecule has 1 saturated heterocycles. The average Bonchev–Trinajstić information content (AvgIpc) is 2.30. The lowest BCUT2D eigenvalue weighted by molar-refractivity contribution is -0.117. The molecule has 1 aromatic heterocycles. The first kappa shape index (κ1) is 18.1. The zero-order chi connectivity index (χ0) is 12.1. The number of amides is 1. The minimum atomic E-state index is -0.0360. The maximum atomic E-state index is 11.7. The lowest BCUT2D eigenvalue weighted by Gasteiger charge is -2.23. The topological polar surface area (TPSA) is 63.2 Å². The van der Waals surface area contributed by atoms with Gasteiger partial charge in [-0.3, -0.25) is 4.79 Å². The van der Waals surface area contributed by atoms with Crippen LogP contribution in [0.3, 0.4) is 0 Å². The molecular weight excluding hydrogens is 289 g/mol. The number of nitrogens with one attached hydrogen (secondary N) is 2. The summed E-state index contributed by atoms with van der Waals surface area (Å²) in [6.07, 6.45) is 2.10. The molecule has 0 saturated carbocycles. The lowest BCUT2D eigenvalue weighted by atomic mass is 10.2. The zero-order valence-electron chi connectivity index (χ0n) is 10.7. The zero-order valence-corrected chi connectivity index (χ0v) is 12.4. The van der Waals surface area contributed by atoms with E-state index in [0.29, 0.717) is 18.8 Å². The van der Waals surface area contributed by atoms with Gasteiger partial charge in [0.05, 0.1) is 13.2 Å². The molecule has 2 rings (SSSR count). The van der Waals surface area contributed by atoms with E-state index in [-0.39, 0.29) is 36.8 Å². The number of morpholine rings is 1. The van der Waals surface area contributed by atoms with E-state index in [1.165, 1.54) is 0 Å². The van der Waals surface area contributed by atoms with Gasteiger partial charge in [0.15, 0.2) is 0 Å². The van der Waals surface area contributed by atoms with E-state index in [0.717, 1.165) is 18.7 Å². The molecule has 5 nitrogen and oxygen atoms in total. The van der Waals surface area contributed by atoms with E-state index in [1.54, 1.807) is 6.20 Å². The van der Waals surface area contributed by atoms with Gasteiger partial charge in [-0.1, -0.05) is 0 Å². The number of nitrogens with zero attached hydrogens (tertiary/aromatic N) is 1. The maximum absolute atomic E-state index is 11.7. The molecule has 19 heavy (non-hydrogen) atoms. The SMILES string of the molecule is Cc1ccnc(NC(=O)CC2COCCN2)c1.Cl.Cl. The molecule has 0 radical (unpaired) electrons. The van der Waals surface area contributed by atoms with Crippen LogP contribution in [-0.4, -0.2) is 36.7 Å². The molecule has 1 atom stereocenters. The van der Waals surface area contributed by atoms with Crippen LogP contribution in [0.15, 0.2) is 18.3 Å². The molecule has 0 bridgehead atoms. The third kappa shape index (κ3) is 6.20. The van der Waals surface area contributed by atoms with Gasteiger partial charge in [-0.25, -0.2) is 4.98 Å². The number of aryl methyl sites for hydroxylation is 1. The van der Waals surface area contributed by atoms with E-state index >= 15 is 0 Å². The number of halogens is 2. The Morgan fingerprint density at radius 3 is 3.00 bits per heavy atom. The van der Waals surface area contributed by atoms with Gasteiger partial charge >= 0.3 is 0 Å². The summed E-state index contributed by atoms with van der Waals surface area (Å²) in [6.45, 7) is 4.08. The van der Waals surface area contributed by atoms with Crippen molar-refractivity contribution in [3.63, 3.8) is 0 Å². The van der Waals surface area contributed by atoms with E-state index in [2.05, 4.69) is 15.6 Å². The van der Waals surface area contributed by atoms with Crippen molar-refractivity contribution in [2.45, 2.75) is 19.4 Å². The quantitative estimate of drug-likeness (QED) is 0.889. The fourth-order valence-electron chi connectivity index (χ4n) is 1.77. The maximum Gasteiger partial charge on any atom is 0.227 e. The Labute approximate surface area is 125 Å². The van der Waals surface area contributed by atoms with Gasteiger partial charge in [-0.05, 0) is 24.6 Å². The van der Waals surface area contributed by atoms with Gasteiger partial charge in [-0.15, -0.1) is 24.8 Å². The first-order valence-electron chi connectivity index (χ1n) is 5.77. The number of rotatable bonds is 3. The number of pyridine rings is 1. The van der Waals surface area contributed by atoms with Gasteiger partial charge in [0.1, 0.15) is 5.82 Å². The summed E-state index contributed by atoms with van der Waals surface area (Å²) >= 11 is 0. The van der Waals surface area contributed by atoms with Gasteiger partial charge in [0, 0.05) is 25.2 Å². The number of anilines is 1. The molecule has 1 aliphatic heterocycles. The highest BCUT2D eigenvalue weighted by Gasteiger charge is 2.16. The van der Waals surface area contributed by atoms with Crippen LogP contribution in [0.4, 0.5) is 5.82 Å². The van der Waals surface area contributed by atoms with E-state index in [4.69, 9.17) is 4.74 Å². The van der Waals surface area contributed by atoms with Crippen molar-refractivity contribution >= 4 is 36.5 Å². The highest BCUT2D eigenvalue weighted by atomic mass is 35.5. The third-order valence-corrected chi connectivity index (χ3v) is 2.61. The lowest BCUT2D eigenvalue weighted by Crippen LogP contribution is -2.43. The fourth-order valence-corrected chi connectivity index (χ4v) is 1.77. The van der Waals surface area contributed by atoms with Crippen LogP contribution in [0.5, 0.6) is 0 Å². The van der Waals surface area contributed by atoms with Crippen LogP contribution in [0.2, 0.25) is 0 Å². The van der Waals surface area contributed by atoms with Crippen molar-refractivity contribution in [1.82, 2.24) is 10.3 Å². The number of carbonyl (C=O) groups excluding carboxylic acids is 1. The largest absolute Gasteiger partial charge is 0.378 e. The van der Waals surface area contributed by atoms with Crippen LogP contribution < -0.4 is 10.6 Å². The molecule has 2 N–H and O–H groups in total. The second kappa shape index (κ2) is 9.09. The standard InChI is InChI=1S/C12H17N3O2.2ClH/c1-9-2-3-14-11(6-9)15-12(16)7-10-8-17-5-4-13-10;;/h2-3,6,10,13H,4-5,7-8H2,1H3,(H,14,15,16);2*1H. The monoisotopic (exact) mass is 307 g/mol. The molecule has 1 aliphatic rings. The Morgan fingerprint density at radius 2 is 2.37 bits per heavy atom. The van der Waals surface area contributed by atoms with Gasteiger partial charge in [-0.2, -0.15) is 0 Å². The van der Waals surface area contributed by atoms with Crippen molar-refractivity contribution in [2.24, 2.45) is 0 Å². The first-order chi connectivity index (χ1) is 8.24. The first-order valence-corrected chi connectivity index (χ1v) is 5.77. The highest BCUT2D eigenvalue weighted by Crippen LogP contribution is 2.07. The van der Waals surface area contributed by atoms with Gasteiger partial charge in [0.2, 0.25) is 5.91 Å². The molecule has 0 spiro atoms. The Bertz CT molecular complexity index is 398. The van der Waals surface area contributed by atoms with Crippen LogP contribution >= 0.6 is 24.8 Å². The van der Waals surface area contributed by atoms with Crippen molar-refractivity contribution < 1.29 is 9.53 Å². The predicted octanol–water partition coefficient (Wildman–Crippen LogP) is 1.55. The summed E-state index contributed by atoms with van der Waals surface area (Å²) in [5, 5.41) is 6.03. The summed E-state index contributed by atoms with van der Waals surface area (Å²) in [7, 11) is 0. The normalized spacial score (nSPS) is 17.8. The van der Waals surface area contributed by atoms with E-state index < -0.39 is 0 Å². The van der Waals surface area contributed by atoms with Crippen molar-refractivity contribution in [3.05, 3.63) is 23.9 Å². The van der Waals surface area contributed by atoms with Crippen molar-refractivity contribution in [3.8, 4) is 0 Å². The molecule has 1 aromatic rings. The molecule has 0 aliphatic carbocycles. The summed E-state index contributed by atoms with van der Waals surface area (Å²) < 4.78 is 5.29. The molecule has 1 fully saturated rings. The Balaban J connectivity index is 0.00000162. The molecule has 2 heterocycles. The minimum Gasteiger partial charge on any atom is -0.378 e. The smallest absolute Gasteiger partial charge is 0.227 e. The Kier molecular flexibility index (Phi) is 8.67. The molecular formula is C12H19Cl2N3O2. The predicted molar refractivity (Wildman–Crippen MR) is 79.3 cm³/mol. The van der Waals surface area contributed by atoms with E-state index in [1.807, 2.05) is 19.1 Å². The summed E-state index contributed by atoms with van der Waals surface area (Å²) in [4.78, 5) is 15.8. The Morgan fingerprint density at radius 1 is 1.58 bits per heavy atom. The van der Waals surface area contributed by atoms with E-state index in [9.17, 15) is 4.79 Å². The van der Waals surface area contributed by atoms with Crippen molar-refractivity contribution in [2.75, 3.05) is 25.1 Å². The Hall–Kier alpha value is -0.880. The molecule has 7 heteroatoms. The highest BCUT2D eigenvalue weighted by molar-refractivity contribution is 5.90. The van der Waals surface area contributed by atoms with Crippen LogP contribution in [-0.2, 0) is 9.53 Å². The second-order valence-corrected chi connectivity index (χ2v) is 4.20. The summed E-state index contributed by atoms with van der Waals surface area (Å²) in [5.41, 5.74) is 1.08. The summed E-state index contributed by atoms with van der Waals surface area (Å²) in [5.74, 6) is 0.567. The number of carbonyl (C=O) groups is 1. The molecule has 0 aromatic carbocycles. The molecule has 1 amide bonds. The van der Waals surface area contributed by atoms with Crippen LogP contribution in [0.25, 0.3) is 0 Å². The average molecular weight is 308 g/mol. The fraction of sp³-hybridized carbons (Fsp3) is 0.500. The summed E-state index contributed by atoms with van der Waals surface area (Å²) in [6, 6.07) is 3.85. The number of ether oxygens (including phenoxy) is 1. The number of hydrogen-bond donors (Lipinski definition) is 2. The minimum absolute atomic E-state index is 0.